The number of rotatable bonds is 11. The first-order valence-electron chi connectivity index (χ1n) is 10.2. The number of hydrogen-bond donors (Lipinski definition) is 1. The molecule has 30 heavy (non-hydrogen) atoms. The first-order valence-corrected chi connectivity index (χ1v) is 13.9. The predicted octanol–water partition coefficient (Wildman–Crippen LogP) is 7.12. The third-order valence-corrected chi connectivity index (χ3v) is 8.27. The van der Waals surface area contributed by atoms with Crippen LogP contribution in [0.2, 0.25) is 0 Å². The number of nitrogens with zero attached hydrogens (tertiary/aromatic N) is 2. The van der Waals surface area contributed by atoms with Crippen molar-refractivity contribution in [2.45, 2.75) is 54.3 Å². The fraction of sp³-hybridized carbons (Fsp3) is 0.409. The van der Waals surface area contributed by atoms with Crippen molar-refractivity contribution >= 4 is 68.4 Å². The van der Waals surface area contributed by atoms with E-state index in [1.54, 1.807) is 46.6 Å². The molecule has 0 aliphatic carbocycles. The Balaban J connectivity index is 1.49. The summed E-state index contributed by atoms with van der Waals surface area (Å²) in [5.74, 6) is 2.94. The van der Waals surface area contributed by atoms with Gasteiger partial charge in [-0.25, -0.2) is 9.97 Å². The molecule has 0 aliphatic rings. The quantitative estimate of drug-likeness (QED) is 0.234. The molecule has 3 aromatic rings. The topological polar surface area (TPSA) is 54.9 Å². The first-order chi connectivity index (χ1) is 14.6. The van der Waals surface area contributed by atoms with Gasteiger partial charge >= 0.3 is 0 Å². The van der Waals surface area contributed by atoms with Crippen molar-refractivity contribution in [3.05, 3.63) is 36.0 Å². The van der Waals surface area contributed by atoms with E-state index in [4.69, 9.17) is 0 Å². The number of nitrogens with one attached hydrogen (secondary N) is 1. The maximum absolute atomic E-state index is 12.6. The fourth-order valence-corrected chi connectivity index (χ4v) is 6.75. The summed E-state index contributed by atoms with van der Waals surface area (Å²) in [5.41, 5.74) is 2.94. The summed E-state index contributed by atoms with van der Waals surface area (Å²) in [4.78, 5) is 23.0. The molecule has 8 heteroatoms. The largest absolute Gasteiger partial charge is 0.323 e. The van der Waals surface area contributed by atoms with Crippen LogP contribution in [-0.4, -0.2) is 33.1 Å². The van der Waals surface area contributed by atoms with E-state index in [0.29, 0.717) is 6.42 Å². The summed E-state index contributed by atoms with van der Waals surface area (Å²) in [6.45, 7) is 6.24. The Morgan fingerprint density at radius 1 is 1.07 bits per heavy atom. The van der Waals surface area contributed by atoms with Crippen LogP contribution in [0, 0.1) is 6.92 Å². The molecule has 0 saturated heterocycles. The van der Waals surface area contributed by atoms with Crippen LogP contribution in [0.4, 0.5) is 5.69 Å². The Kier molecular flexibility index (Phi) is 9.36. The summed E-state index contributed by atoms with van der Waals surface area (Å²) in [6, 6.07) is 10.3. The summed E-state index contributed by atoms with van der Waals surface area (Å²) in [7, 11) is 0. The van der Waals surface area contributed by atoms with E-state index in [9.17, 15) is 4.79 Å². The first kappa shape index (κ1) is 23.4. The van der Waals surface area contributed by atoms with Crippen LogP contribution < -0.4 is 5.32 Å². The molecule has 4 nitrogen and oxygen atoms in total. The molecule has 1 aromatic carbocycles. The van der Waals surface area contributed by atoms with Gasteiger partial charge < -0.3 is 5.32 Å². The maximum Gasteiger partial charge on any atom is 0.224 e. The molecule has 1 amide bonds. The molecule has 0 unspecified atom stereocenters. The van der Waals surface area contributed by atoms with Gasteiger partial charge in [0, 0.05) is 22.8 Å². The molecule has 0 saturated carbocycles. The average Bonchev–Trinajstić information content (AvgIpc) is 3.13. The van der Waals surface area contributed by atoms with Gasteiger partial charge in [-0.15, -0.1) is 34.9 Å². The van der Waals surface area contributed by atoms with Crippen molar-refractivity contribution < 1.29 is 4.79 Å². The number of thiazole rings is 1. The highest BCUT2D eigenvalue weighted by molar-refractivity contribution is 8.01. The van der Waals surface area contributed by atoms with Gasteiger partial charge in [0.05, 0.1) is 15.9 Å². The number of benzene rings is 1. The number of carbonyl (C=O) groups excluding carboxylic acids is 1. The number of para-hydroxylation sites is 1. The lowest BCUT2D eigenvalue weighted by atomic mass is 10.2. The SMILES string of the molecule is CCSc1cc(C)nc(SCC)c1NC(=O)CCCCSc1nc2ccccc2s1. The van der Waals surface area contributed by atoms with E-state index >= 15 is 0 Å². The summed E-state index contributed by atoms with van der Waals surface area (Å²) in [5, 5.41) is 4.07. The van der Waals surface area contributed by atoms with Crippen LogP contribution in [0.25, 0.3) is 10.2 Å². The zero-order chi connectivity index (χ0) is 21.3. The molecule has 160 valence electrons. The second-order valence-electron chi connectivity index (χ2n) is 6.61. The van der Waals surface area contributed by atoms with E-state index in [1.807, 2.05) is 19.1 Å². The zero-order valence-electron chi connectivity index (χ0n) is 17.6. The number of amides is 1. The molecule has 0 radical (unpaired) electrons. The average molecular weight is 478 g/mol. The molecule has 3 rings (SSSR count). The standard InChI is InChI=1S/C22H27N3OS4/c1-4-27-18-14-15(3)23-21(28-5-2)20(18)25-19(26)12-8-9-13-29-22-24-16-10-6-7-11-17(16)30-22/h6-7,10-11,14H,4-5,8-9,12-13H2,1-3H3,(H,25,26). The van der Waals surface area contributed by atoms with Crippen LogP contribution in [0.15, 0.2) is 44.6 Å². The zero-order valence-corrected chi connectivity index (χ0v) is 20.8. The van der Waals surface area contributed by atoms with Crippen molar-refractivity contribution in [1.29, 1.82) is 0 Å². The highest BCUT2D eigenvalue weighted by atomic mass is 32.2. The van der Waals surface area contributed by atoms with Crippen molar-refractivity contribution in [1.82, 2.24) is 9.97 Å². The molecule has 0 aliphatic heterocycles. The molecule has 2 heterocycles. The van der Waals surface area contributed by atoms with Gasteiger partial charge in [-0.05, 0) is 49.5 Å². The Morgan fingerprint density at radius 2 is 1.87 bits per heavy atom. The van der Waals surface area contributed by atoms with Crippen LogP contribution in [0.3, 0.4) is 0 Å². The Labute approximate surface area is 195 Å². The molecule has 0 spiro atoms. The number of unbranched alkanes of at least 4 members (excludes halogenated alkanes) is 1. The van der Waals surface area contributed by atoms with Crippen LogP contribution in [0.5, 0.6) is 0 Å². The smallest absolute Gasteiger partial charge is 0.224 e. The molecular formula is C22H27N3OS4. The summed E-state index contributed by atoms with van der Waals surface area (Å²) >= 11 is 6.95. The summed E-state index contributed by atoms with van der Waals surface area (Å²) < 4.78 is 2.33. The third-order valence-electron chi connectivity index (χ3n) is 4.22. The van der Waals surface area contributed by atoms with E-state index in [2.05, 4.69) is 47.3 Å². The molecule has 2 aromatic heterocycles. The molecular weight excluding hydrogens is 451 g/mol. The van der Waals surface area contributed by atoms with Gasteiger partial charge in [0.2, 0.25) is 5.91 Å². The molecule has 0 bridgehead atoms. The van der Waals surface area contributed by atoms with Crippen molar-refractivity contribution in [2.24, 2.45) is 0 Å². The second-order valence-corrected chi connectivity index (χ2v) is 11.5. The summed E-state index contributed by atoms with van der Waals surface area (Å²) in [6.07, 6.45) is 2.39. The van der Waals surface area contributed by atoms with Gasteiger partial charge in [0.25, 0.3) is 0 Å². The number of carbonyl (C=O) groups is 1. The molecule has 1 N–H and O–H groups in total. The predicted molar refractivity (Wildman–Crippen MR) is 135 cm³/mol. The van der Waals surface area contributed by atoms with Crippen LogP contribution >= 0.6 is 46.6 Å². The lowest BCUT2D eigenvalue weighted by Crippen LogP contribution is -2.13. The van der Waals surface area contributed by atoms with E-state index < -0.39 is 0 Å². The lowest BCUT2D eigenvalue weighted by molar-refractivity contribution is -0.116. The van der Waals surface area contributed by atoms with Gasteiger partial charge in [-0.2, -0.15) is 0 Å². The van der Waals surface area contributed by atoms with Crippen LogP contribution in [0.1, 0.15) is 38.8 Å². The van der Waals surface area contributed by atoms with Crippen molar-refractivity contribution in [3.8, 4) is 0 Å². The Bertz CT molecular complexity index is 929. The van der Waals surface area contributed by atoms with E-state index in [0.717, 1.165) is 61.3 Å². The number of fused-ring (bicyclic) bond motifs is 1. The molecule has 0 fully saturated rings. The fourth-order valence-electron chi connectivity index (χ4n) is 2.90. The van der Waals surface area contributed by atoms with Crippen LogP contribution in [-0.2, 0) is 4.79 Å². The minimum Gasteiger partial charge on any atom is -0.323 e. The van der Waals surface area contributed by atoms with E-state index in [1.165, 1.54) is 4.70 Å². The number of pyridine rings is 1. The minimum atomic E-state index is 0.0709. The second kappa shape index (κ2) is 12.0. The number of aromatic nitrogens is 2. The van der Waals surface area contributed by atoms with E-state index in [-0.39, 0.29) is 5.91 Å². The maximum atomic E-state index is 12.6. The Hall–Kier alpha value is -1.22. The van der Waals surface area contributed by atoms with Gasteiger partial charge in [0.15, 0.2) is 4.34 Å². The number of hydrogen-bond acceptors (Lipinski definition) is 7. The number of anilines is 1. The number of aryl methyl sites for hydroxylation is 1. The Morgan fingerprint density at radius 3 is 2.63 bits per heavy atom. The lowest BCUT2D eigenvalue weighted by Gasteiger charge is -2.15. The number of thioether (sulfide) groups is 3. The highest BCUT2D eigenvalue weighted by Gasteiger charge is 2.15. The van der Waals surface area contributed by atoms with Crippen molar-refractivity contribution in [3.63, 3.8) is 0 Å². The van der Waals surface area contributed by atoms with Gasteiger partial charge in [0.1, 0.15) is 5.03 Å². The molecule has 0 atom stereocenters. The van der Waals surface area contributed by atoms with Crippen molar-refractivity contribution in [2.75, 3.05) is 22.6 Å². The van der Waals surface area contributed by atoms with Gasteiger partial charge in [-0.1, -0.05) is 37.7 Å². The normalized spacial score (nSPS) is 11.2. The minimum absolute atomic E-state index is 0.0709. The third kappa shape index (κ3) is 6.64. The monoisotopic (exact) mass is 477 g/mol. The highest BCUT2D eigenvalue weighted by Crippen LogP contribution is 2.35. The van der Waals surface area contributed by atoms with Gasteiger partial charge in [-0.3, -0.25) is 4.79 Å².